The largest absolute Gasteiger partial charge is 0.404 e. The minimum Gasteiger partial charge on any atom is -0.341 e. The molecule has 10 heteroatoms. The first-order valence-electron chi connectivity index (χ1n) is 6.11. The maximum absolute atomic E-state index is 12.8. The van der Waals surface area contributed by atoms with Crippen LogP contribution in [0.5, 0.6) is 0 Å². The summed E-state index contributed by atoms with van der Waals surface area (Å²) < 4.78 is 76.7. The van der Waals surface area contributed by atoms with E-state index in [-0.39, 0.29) is 18.8 Å². The van der Waals surface area contributed by atoms with Gasteiger partial charge in [0.2, 0.25) is 5.91 Å². The molecule has 1 heterocycles. The normalized spacial score (nSPS) is 18.5. The lowest BCUT2D eigenvalue weighted by Crippen LogP contribution is -2.52. The van der Waals surface area contributed by atoms with Crippen LogP contribution in [0.4, 0.5) is 26.3 Å². The van der Waals surface area contributed by atoms with Crippen molar-refractivity contribution in [3.05, 3.63) is 0 Å². The first-order valence-corrected chi connectivity index (χ1v) is 6.11. The van der Waals surface area contributed by atoms with Gasteiger partial charge in [0.25, 0.3) is 0 Å². The summed E-state index contributed by atoms with van der Waals surface area (Å²) in [4.78, 5) is 12.3. The van der Waals surface area contributed by atoms with Crippen LogP contribution >= 0.6 is 12.4 Å². The van der Waals surface area contributed by atoms with E-state index >= 15 is 0 Å². The minimum absolute atomic E-state index is 0. The van der Waals surface area contributed by atoms with E-state index in [9.17, 15) is 31.1 Å². The van der Waals surface area contributed by atoms with Crippen molar-refractivity contribution in [1.29, 1.82) is 0 Å². The van der Waals surface area contributed by atoms with Gasteiger partial charge in [-0.1, -0.05) is 0 Å². The van der Waals surface area contributed by atoms with Crippen molar-refractivity contribution in [2.45, 2.75) is 31.6 Å². The van der Waals surface area contributed by atoms with Crippen LogP contribution in [-0.4, -0.2) is 49.8 Å². The number of rotatable bonds is 4. The third-order valence-electron chi connectivity index (χ3n) is 3.52. The molecule has 1 aliphatic heterocycles. The van der Waals surface area contributed by atoms with Crippen molar-refractivity contribution in [1.82, 2.24) is 10.2 Å². The standard InChI is InChI=1S/C11H16F6N2O.ClH/c1-18-5-2-3-8(20)19-6-4-9(7-19,10(12,13)14)11(15,16)17;/h18H,2-7H2,1H3;1H. The molecule has 1 aliphatic rings. The fourth-order valence-electron chi connectivity index (χ4n) is 2.22. The summed E-state index contributed by atoms with van der Waals surface area (Å²) in [6.45, 7) is -1.38. The van der Waals surface area contributed by atoms with Crippen LogP contribution in [0.15, 0.2) is 0 Å². The molecular weight excluding hydrogens is 326 g/mol. The third-order valence-corrected chi connectivity index (χ3v) is 3.52. The summed E-state index contributed by atoms with van der Waals surface area (Å²) >= 11 is 0. The number of amides is 1. The minimum atomic E-state index is -5.41. The van der Waals surface area contributed by atoms with Gasteiger partial charge in [-0.3, -0.25) is 4.79 Å². The molecule has 1 amide bonds. The SMILES string of the molecule is CNCCCC(=O)N1CCC(C(F)(F)F)(C(F)(F)F)C1.Cl. The Kier molecular flexibility index (Phi) is 6.81. The first kappa shape index (κ1) is 20.3. The Labute approximate surface area is 124 Å². The van der Waals surface area contributed by atoms with Gasteiger partial charge in [-0.15, -0.1) is 12.4 Å². The van der Waals surface area contributed by atoms with E-state index in [0.29, 0.717) is 17.9 Å². The van der Waals surface area contributed by atoms with E-state index < -0.39 is 43.2 Å². The van der Waals surface area contributed by atoms with E-state index in [4.69, 9.17) is 0 Å². The predicted octanol–water partition coefficient (Wildman–Crippen LogP) is 2.75. The quantitative estimate of drug-likeness (QED) is 0.629. The second-order valence-corrected chi connectivity index (χ2v) is 4.85. The molecule has 126 valence electrons. The molecule has 0 atom stereocenters. The van der Waals surface area contributed by atoms with Crippen LogP contribution in [0.3, 0.4) is 0 Å². The smallest absolute Gasteiger partial charge is 0.341 e. The molecule has 0 radical (unpaired) electrons. The molecule has 0 aliphatic carbocycles. The van der Waals surface area contributed by atoms with Crippen molar-refractivity contribution in [3.63, 3.8) is 0 Å². The zero-order valence-electron chi connectivity index (χ0n) is 11.3. The molecule has 0 aromatic heterocycles. The number of carbonyl (C=O) groups excluding carboxylic acids is 1. The Balaban J connectivity index is 0.00000400. The highest BCUT2D eigenvalue weighted by Crippen LogP contribution is 2.55. The second-order valence-electron chi connectivity index (χ2n) is 4.85. The third kappa shape index (κ3) is 4.15. The first-order chi connectivity index (χ1) is 9.05. The Morgan fingerprint density at radius 1 is 1.19 bits per heavy atom. The van der Waals surface area contributed by atoms with Gasteiger partial charge in [0.05, 0.1) is 0 Å². The molecule has 1 N–H and O–H groups in total. The summed E-state index contributed by atoms with van der Waals surface area (Å²) in [5.41, 5.74) is -3.79. The van der Waals surface area contributed by atoms with E-state index in [2.05, 4.69) is 5.32 Å². The molecule has 1 fully saturated rings. The molecule has 1 saturated heterocycles. The van der Waals surface area contributed by atoms with Gasteiger partial charge in [0, 0.05) is 19.5 Å². The molecule has 0 aromatic carbocycles. The summed E-state index contributed by atoms with van der Waals surface area (Å²) in [6.07, 6.45) is -11.6. The van der Waals surface area contributed by atoms with Crippen LogP contribution in [-0.2, 0) is 4.79 Å². The van der Waals surface area contributed by atoms with Crippen molar-refractivity contribution in [2.24, 2.45) is 5.41 Å². The van der Waals surface area contributed by atoms with E-state index in [1.807, 2.05) is 0 Å². The topological polar surface area (TPSA) is 32.3 Å². The Bertz CT molecular complexity index is 344. The van der Waals surface area contributed by atoms with Gasteiger partial charge in [0.15, 0.2) is 5.41 Å². The average molecular weight is 343 g/mol. The van der Waals surface area contributed by atoms with Crippen LogP contribution in [0.2, 0.25) is 0 Å². The van der Waals surface area contributed by atoms with Crippen LogP contribution in [0, 0.1) is 5.41 Å². The zero-order chi connectivity index (χ0) is 15.6. The number of halogens is 7. The van der Waals surface area contributed by atoms with E-state index in [1.165, 1.54) is 0 Å². The molecule has 0 spiro atoms. The maximum Gasteiger partial charge on any atom is 0.404 e. The number of hydrogen-bond donors (Lipinski definition) is 1. The number of carbonyl (C=O) groups is 1. The zero-order valence-corrected chi connectivity index (χ0v) is 12.1. The highest BCUT2D eigenvalue weighted by atomic mass is 35.5. The molecule has 1 rings (SSSR count). The Morgan fingerprint density at radius 2 is 1.71 bits per heavy atom. The maximum atomic E-state index is 12.8. The van der Waals surface area contributed by atoms with Crippen molar-refractivity contribution in [3.8, 4) is 0 Å². The van der Waals surface area contributed by atoms with Gasteiger partial charge < -0.3 is 10.2 Å². The van der Waals surface area contributed by atoms with E-state index in [1.54, 1.807) is 7.05 Å². The lowest BCUT2D eigenvalue weighted by Gasteiger charge is -2.33. The summed E-state index contributed by atoms with van der Waals surface area (Å²) in [7, 11) is 1.64. The fraction of sp³-hybridized carbons (Fsp3) is 0.909. The summed E-state index contributed by atoms with van der Waals surface area (Å²) in [5, 5.41) is 2.75. The van der Waals surface area contributed by atoms with Crippen LogP contribution in [0.1, 0.15) is 19.3 Å². The van der Waals surface area contributed by atoms with Gasteiger partial charge >= 0.3 is 12.4 Å². The number of hydrogen-bond acceptors (Lipinski definition) is 2. The molecule has 21 heavy (non-hydrogen) atoms. The Hall–Kier alpha value is -0.700. The van der Waals surface area contributed by atoms with Crippen LogP contribution in [0.25, 0.3) is 0 Å². The van der Waals surface area contributed by atoms with Crippen molar-refractivity contribution >= 4 is 18.3 Å². The lowest BCUT2D eigenvalue weighted by atomic mass is 9.85. The monoisotopic (exact) mass is 342 g/mol. The van der Waals surface area contributed by atoms with E-state index in [0.717, 1.165) is 0 Å². The van der Waals surface area contributed by atoms with Crippen molar-refractivity contribution in [2.75, 3.05) is 26.7 Å². The van der Waals surface area contributed by atoms with Crippen LogP contribution < -0.4 is 5.32 Å². The number of nitrogens with zero attached hydrogens (tertiary/aromatic N) is 1. The second kappa shape index (κ2) is 7.04. The highest BCUT2D eigenvalue weighted by Gasteiger charge is 2.72. The number of nitrogens with one attached hydrogen (secondary N) is 1. The molecule has 0 saturated carbocycles. The Morgan fingerprint density at radius 3 is 2.10 bits per heavy atom. The van der Waals surface area contributed by atoms with Gasteiger partial charge in [0.1, 0.15) is 0 Å². The molecular formula is C11H17ClF6N2O. The number of alkyl halides is 6. The molecule has 3 nitrogen and oxygen atoms in total. The summed E-state index contributed by atoms with van der Waals surface area (Å²) in [6, 6.07) is 0. The molecule has 0 aromatic rings. The summed E-state index contributed by atoms with van der Waals surface area (Å²) in [5.74, 6) is -0.671. The molecule has 0 unspecified atom stereocenters. The average Bonchev–Trinajstić information content (AvgIpc) is 2.73. The van der Waals surface area contributed by atoms with Gasteiger partial charge in [-0.2, -0.15) is 26.3 Å². The molecule has 0 bridgehead atoms. The predicted molar refractivity (Wildman–Crippen MR) is 66.1 cm³/mol. The number of likely N-dealkylation sites (tertiary alicyclic amines) is 1. The van der Waals surface area contributed by atoms with Gasteiger partial charge in [-0.25, -0.2) is 0 Å². The van der Waals surface area contributed by atoms with Crippen molar-refractivity contribution < 1.29 is 31.1 Å². The highest BCUT2D eigenvalue weighted by molar-refractivity contribution is 5.85. The van der Waals surface area contributed by atoms with Gasteiger partial charge in [-0.05, 0) is 26.4 Å². The fourth-order valence-corrected chi connectivity index (χ4v) is 2.22. The lowest BCUT2D eigenvalue weighted by molar-refractivity contribution is -0.334.